The molecule has 0 spiro atoms. The topological polar surface area (TPSA) is 33.5 Å². The third-order valence-electron chi connectivity index (χ3n) is 3.41. The highest BCUT2D eigenvalue weighted by Crippen LogP contribution is 2.17. The van der Waals surface area contributed by atoms with Crippen molar-refractivity contribution in [3.63, 3.8) is 0 Å². The second kappa shape index (κ2) is 8.29. The predicted molar refractivity (Wildman–Crippen MR) is 90.2 cm³/mol. The molecule has 0 radical (unpaired) electrons. The molecular weight excluding hydrogens is 338 g/mol. The third-order valence-corrected chi connectivity index (χ3v) is 4.01. The van der Waals surface area contributed by atoms with E-state index >= 15 is 0 Å². The van der Waals surface area contributed by atoms with Crippen LogP contribution in [0.3, 0.4) is 0 Å². The zero-order chi connectivity index (χ0) is 16.8. The van der Waals surface area contributed by atoms with Gasteiger partial charge in [0, 0.05) is 11.6 Å². The summed E-state index contributed by atoms with van der Waals surface area (Å²) < 4.78 is 13.7. The molecule has 122 valence electrons. The molecule has 2 aromatic carbocycles. The number of carbonyl (C=O) groups is 1. The Morgan fingerprint density at radius 2 is 1.87 bits per heavy atom. The van der Waals surface area contributed by atoms with Crippen molar-refractivity contribution < 1.29 is 14.1 Å². The molecule has 6 heteroatoms. The van der Waals surface area contributed by atoms with Crippen molar-refractivity contribution in [3.8, 4) is 0 Å². The molecule has 0 aliphatic rings. The van der Waals surface area contributed by atoms with Crippen LogP contribution < -0.4 is 10.2 Å². The second-order valence-electron chi connectivity index (χ2n) is 5.41. The molecule has 0 aromatic heterocycles. The first-order valence-electron chi connectivity index (χ1n) is 7.21. The van der Waals surface area contributed by atoms with Gasteiger partial charge in [-0.1, -0.05) is 41.4 Å². The van der Waals surface area contributed by atoms with E-state index in [2.05, 4.69) is 5.32 Å². The Morgan fingerprint density at radius 3 is 2.52 bits per heavy atom. The summed E-state index contributed by atoms with van der Waals surface area (Å²) in [6, 6.07) is 11.9. The summed E-state index contributed by atoms with van der Waals surface area (Å²) in [5.74, 6) is -0.455. The molecule has 1 atom stereocenters. The van der Waals surface area contributed by atoms with Gasteiger partial charge in [-0.05, 0) is 29.8 Å². The van der Waals surface area contributed by atoms with E-state index in [1.54, 1.807) is 24.3 Å². The maximum absolute atomic E-state index is 13.7. The summed E-state index contributed by atoms with van der Waals surface area (Å²) in [7, 11) is 1.82. The van der Waals surface area contributed by atoms with Crippen molar-refractivity contribution in [2.75, 3.05) is 13.6 Å². The predicted octanol–water partition coefficient (Wildman–Crippen LogP) is 2.46. The minimum Gasteiger partial charge on any atom is -0.347 e. The van der Waals surface area contributed by atoms with Crippen molar-refractivity contribution in [2.24, 2.45) is 0 Å². The van der Waals surface area contributed by atoms with Crippen molar-refractivity contribution in [1.82, 2.24) is 5.32 Å². The molecule has 0 saturated carbocycles. The van der Waals surface area contributed by atoms with E-state index in [1.807, 2.05) is 19.2 Å². The van der Waals surface area contributed by atoms with Gasteiger partial charge in [-0.2, -0.15) is 0 Å². The lowest BCUT2D eigenvalue weighted by molar-refractivity contribution is -0.885. The Hall–Kier alpha value is -1.62. The van der Waals surface area contributed by atoms with E-state index in [0.29, 0.717) is 28.7 Å². The van der Waals surface area contributed by atoms with Gasteiger partial charge in [0.15, 0.2) is 6.54 Å². The molecule has 0 fully saturated rings. The Labute approximate surface area is 145 Å². The smallest absolute Gasteiger partial charge is 0.275 e. The SMILES string of the molecule is C[NH+](CC(=O)NCc1ccc(Cl)cc1)Cc1c(F)cccc1Cl. The van der Waals surface area contributed by atoms with Gasteiger partial charge < -0.3 is 10.2 Å². The summed E-state index contributed by atoms with van der Waals surface area (Å²) in [5, 5.41) is 3.87. The van der Waals surface area contributed by atoms with Crippen molar-refractivity contribution >= 4 is 29.1 Å². The van der Waals surface area contributed by atoms with Crippen LogP contribution in [0.15, 0.2) is 42.5 Å². The Kier molecular flexibility index (Phi) is 6.39. The first kappa shape index (κ1) is 17.7. The number of carbonyl (C=O) groups excluding carboxylic acids is 1. The lowest BCUT2D eigenvalue weighted by Gasteiger charge is -2.15. The van der Waals surface area contributed by atoms with E-state index in [0.717, 1.165) is 10.5 Å². The molecule has 2 aromatic rings. The maximum atomic E-state index is 13.7. The Morgan fingerprint density at radius 1 is 1.17 bits per heavy atom. The highest BCUT2D eigenvalue weighted by atomic mass is 35.5. The van der Waals surface area contributed by atoms with Crippen LogP contribution >= 0.6 is 23.2 Å². The fourth-order valence-electron chi connectivity index (χ4n) is 2.20. The molecule has 23 heavy (non-hydrogen) atoms. The largest absolute Gasteiger partial charge is 0.347 e. The van der Waals surface area contributed by atoms with Gasteiger partial charge in [-0.25, -0.2) is 4.39 Å². The van der Waals surface area contributed by atoms with Gasteiger partial charge in [0.2, 0.25) is 0 Å². The molecule has 0 saturated heterocycles. The van der Waals surface area contributed by atoms with Crippen LogP contribution in [-0.2, 0) is 17.9 Å². The molecule has 1 unspecified atom stereocenters. The average Bonchev–Trinajstić information content (AvgIpc) is 2.50. The van der Waals surface area contributed by atoms with E-state index in [-0.39, 0.29) is 18.3 Å². The van der Waals surface area contributed by atoms with Gasteiger partial charge in [0.25, 0.3) is 5.91 Å². The van der Waals surface area contributed by atoms with E-state index < -0.39 is 0 Å². The van der Waals surface area contributed by atoms with Crippen molar-refractivity contribution in [2.45, 2.75) is 13.1 Å². The van der Waals surface area contributed by atoms with Crippen LogP contribution in [0.5, 0.6) is 0 Å². The lowest BCUT2D eigenvalue weighted by atomic mass is 10.2. The molecule has 0 bridgehead atoms. The number of likely N-dealkylation sites (N-methyl/N-ethyl adjacent to an activating group) is 1. The number of quaternary nitrogens is 1. The molecule has 3 nitrogen and oxygen atoms in total. The molecule has 0 heterocycles. The molecular formula is C17H18Cl2FN2O+. The van der Waals surface area contributed by atoms with Gasteiger partial charge in [-0.15, -0.1) is 0 Å². The monoisotopic (exact) mass is 355 g/mol. The highest BCUT2D eigenvalue weighted by Gasteiger charge is 2.15. The summed E-state index contributed by atoms with van der Waals surface area (Å²) in [5.41, 5.74) is 1.40. The highest BCUT2D eigenvalue weighted by molar-refractivity contribution is 6.31. The summed E-state index contributed by atoms with van der Waals surface area (Å²) in [6.07, 6.45) is 0. The number of nitrogens with one attached hydrogen (secondary N) is 2. The minimum absolute atomic E-state index is 0.107. The normalized spacial score (nSPS) is 12.0. The fourth-order valence-corrected chi connectivity index (χ4v) is 2.56. The Bertz CT molecular complexity index is 657. The van der Waals surface area contributed by atoms with Crippen LogP contribution in [0.1, 0.15) is 11.1 Å². The van der Waals surface area contributed by atoms with Gasteiger partial charge in [-0.3, -0.25) is 4.79 Å². The first-order valence-corrected chi connectivity index (χ1v) is 7.96. The van der Waals surface area contributed by atoms with Crippen LogP contribution in [0.25, 0.3) is 0 Å². The zero-order valence-corrected chi connectivity index (χ0v) is 14.2. The standard InChI is InChI=1S/C17H17Cl2FN2O/c1-22(10-14-15(19)3-2-4-16(14)20)11-17(23)21-9-12-5-7-13(18)8-6-12/h2-8H,9-11H2,1H3,(H,21,23)/p+1. The molecule has 0 aliphatic heterocycles. The molecule has 2 N–H and O–H groups in total. The van der Waals surface area contributed by atoms with E-state index in [4.69, 9.17) is 23.2 Å². The summed E-state index contributed by atoms with van der Waals surface area (Å²) in [4.78, 5) is 12.8. The second-order valence-corrected chi connectivity index (χ2v) is 6.26. The van der Waals surface area contributed by atoms with Crippen molar-refractivity contribution in [1.29, 1.82) is 0 Å². The lowest BCUT2D eigenvalue weighted by Crippen LogP contribution is -3.09. The van der Waals surface area contributed by atoms with Gasteiger partial charge >= 0.3 is 0 Å². The Balaban J connectivity index is 1.84. The number of benzene rings is 2. The average molecular weight is 356 g/mol. The van der Waals surface area contributed by atoms with Crippen LogP contribution in [0.4, 0.5) is 4.39 Å². The molecule has 0 aliphatic carbocycles. The summed E-state index contributed by atoms with van der Waals surface area (Å²) >= 11 is 11.8. The fraction of sp³-hybridized carbons (Fsp3) is 0.235. The van der Waals surface area contributed by atoms with Crippen LogP contribution in [0.2, 0.25) is 10.0 Å². The zero-order valence-electron chi connectivity index (χ0n) is 12.7. The maximum Gasteiger partial charge on any atom is 0.275 e. The van der Waals surface area contributed by atoms with Crippen LogP contribution in [0, 0.1) is 5.82 Å². The van der Waals surface area contributed by atoms with Gasteiger partial charge in [0.1, 0.15) is 12.4 Å². The quantitative estimate of drug-likeness (QED) is 0.819. The minimum atomic E-state index is -0.349. The van der Waals surface area contributed by atoms with Gasteiger partial charge in [0.05, 0.1) is 17.6 Å². The number of amides is 1. The third kappa shape index (κ3) is 5.50. The number of halogens is 3. The number of hydrogen-bond acceptors (Lipinski definition) is 1. The molecule has 1 amide bonds. The van der Waals surface area contributed by atoms with Crippen LogP contribution in [-0.4, -0.2) is 19.5 Å². The van der Waals surface area contributed by atoms with Crippen molar-refractivity contribution in [3.05, 3.63) is 69.5 Å². The number of rotatable bonds is 6. The number of hydrogen-bond donors (Lipinski definition) is 2. The van der Waals surface area contributed by atoms with E-state index in [1.165, 1.54) is 6.07 Å². The van der Waals surface area contributed by atoms with E-state index in [9.17, 15) is 9.18 Å². The molecule has 2 rings (SSSR count). The first-order chi connectivity index (χ1) is 11.0. The summed E-state index contributed by atoms with van der Waals surface area (Å²) in [6.45, 7) is 1.02.